The molecule has 1 aromatic carbocycles. The highest BCUT2D eigenvalue weighted by atomic mass is 16.2. The zero-order valence-electron chi connectivity index (χ0n) is 15.4. The van der Waals surface area contributed by atoms with Crippen molar-refractivity contribution in [2.75, 3.05) is 18.4 Å². The fourth-order valence-electron chi connectivity index (χ4n) is 3.11. The molecular weight excluding hydrogens is 326 g/mol. The fraction of sp³-hybridized carbons (Fsp3) is 0.381. The number of nitrogens with one attached hydrogen (secondary N) is 1. The lowest BCUT2D eigenvalue weighted by Crippen LogP contribution is -2.35. The summed E-state index contributed by atoms with van der Waals surface area (Å²) in [4.78, 5) is 31.1. The van der Waals surface area contributed by atoms with Gasteiger partial charge in [-0.15, -0.1) is 0 Å². The summed E-state index contributed by atoms with van der Waals surface area (Å²) in [5.41, 5.74) is 2.70. The smallest absolute Gasteiger partial charge is 0.274 e. The van der Waals surface area contributed by atoms with E-state index in [-0.39, 0.29) is 17.5 Å². The van der Waals surface area contributed by atoms with E-state index in [4.69, 9.17) is 0 Å². The first kappa shape index (κ1) is 18.1. The van der Waals surface area contributed by atoms with Gasteiger partial charge in [-0.3, -0.25) is 14.6 Å². The van der Waals surface area contributed by atoms with Crippen LogP contribution in [0.5, 0.6) is 0 Å². The average molecular weight is 351 g/mol. The normalized spacial score (nSPS) is 14.3. The Bertz CT molecular complexity index is 778. The number of likely N-dealkylation sites (tertiary alicyclic amines) is 1. The molecule has 0 spiro atoms. The van der Waals surface area contributed by atoms with E-state index in [0.29, 0.717) is 17.2 Å². The Balaban J connectivity index is 1.70. The van der Waals surface area contributed by atoms with Gasteiger partial charge in [0.25, 0.3) is 11.8 Å². The lowest BCUT2D eigenvalue weighted by Gasteiger charge is -2.26. The van der Waals surface area contributed by atoms with Gasteiger partial charge in [0.05, 0.1) is 0 Å². The third kappa shape index (κ3) is 4.28. The third-order valence-corrected chi connectivity index (χ3v) is 4.72. The molecule has 1 N–H and O–H groups in total. The summed E-state index contributed by atoms with van der Waals surface area (Å²) in [5, 5.41) is 2.84. The molecule has 0 aliphatic carbocycles. The lowest BCUT2D eigenvalue weighted by molar-refractivity contribution is 0.0724. The first-order chi connectivity index (χ1) is 12.5. The minimum absolute atomic E-state index is 0.0255. The van der Waals surface area contributed by atoms with E-state index in [1.807, 2.05) is 29.2 Å². The van der Waals surface area contributed by atoms with Gasteiger partial charge in [0.1, 0.15) is 5.69 Å². The monoisotopic (exact) mass is 351 g/mol. The third-order valence-electron chi connectivity index (χ3n) is 4.72. The lowest BCUT2D eigenvalue weighted by atomic mass is 10.0. The van der Waals surface area contributed by atoms with Crippen LogP contribution in [0.15, 0.2) is 42.6 Å². The van der Waals surface area contributed by atoms with E-state index in [2.05, 4.69) is 24.1 Å². The highest BCUT2D eigenvalue weighted by Gasteiger charge is 2.19. The van der Waals surface area contributed by atoms with E-state index in [9.17, 15) is 9.59 Å². The van der Waals surface area contributed by atoms with Gasteiger partial charge in [-0.1, -0.05) is 26.0 Å². The van der Waals surface area contributed by atoms with Crippen molar-refractivity contribution in [3.8, 4) is 0 Å². The second kappa shape index (κ2) is 8.13. The number of rotatable bonds is 4. The number of nitrogens with zero attached hydrogens (tertiary/aromatic N) is 2. The van der Waals surface area contributed by atoms with Crippen molar-refractivity contribution in [3.63, 3.8) is 0 Å². The second-order valence-corrected chi connectivity index (χ2v) is 7.01. The van der Waals surface area contributed by atoms with Crippen LogP contribution >= 0.6 is 0 Å². The van der Waals surface area contributed by atoms with Crippen molar-refractivity contribution in [2.24, 2.45) is 0 Å². The molecule has 136 valence electrons. The summed E-state index contributed by atoms with van der Waals surface area (Å²) in [7, 11) is 0. The van der Waals surface area contributed by atoms with Crippen LogP contribution < -0.4 is 5.32 Å². The molecule has 1 aliphatic heterocycles. The van der Waals surface area contributed by atoms with E-state index >= 15 is 0 Å². The number of anilines is 1. The number of amides is 2. The minimum atomic E-state index is -0.310. The molecule has 26 heavy (non-hydrogen) atoms. The quantitative estimate of drug-likeness (QED) is 0.903. The maximum atomic E-state index is 12.6. The summed E-state index contributed by atoms with van der Waals surface area (Å²) < 4.78 is 0. The van der Waals surface area contributed by atoms with Gasteiger partial charge < -0.3 is 10.2 Å². The molecule has 0 saturated carbocycles. The molecule has 1 fully saturated rings. The molecule has 5 nitrogen and oxygen atoms in total. The standard InChI is InChI=1S/C21H25N3O2/c1-15(2)16-6-8-18(9-7-16)23-20(25)19-14-17(10-11-22-19)21(26)24-12-4-3-5-13-24/h6-11,14-15H,3-5,12-13H2,1-2H3,(H,23,25). The van der Waals surface area contributed by atoms with Crippen molar-refractivity contribution in [3.05, 3.63) is 59.4 Å². The summed E-state index contributed by atoms with van der Waals surface area (Å²) in [6.07, 6.45) is 4.77. The van der Waals surface area contributed by atoms with Crippen LogP contribution in [0.4, 0.5) is 5.69 Å². The van der Waals surface area contributed by atoms with E-state index in [1.165, 1.54) is 18.2 Å². The first-order valence-electron chi connectivity index (χ1n) is 9.21. The van der Waals surface area contributed by atoms with Crippen molar-refractivity contribution >= 4 is 17.5 Å². The van der Waals surface area contributed by atoms with Crippen LogP contribution in [0, 0.1) is 0 Å². The maximum Gasteiger partial charge on any atom is 0.274 e. The SMILES string of the molecule is CC(C)c1ccc(NC(=O)c2cc(C(=O)N3CCCCC3)ccn2)cc1. The highest BCUT2D eigenvalue weighted by molar-refractivity contribution is 6.04. The number of carbonyl (C=O) groups excluding carboxylic acids is 2. The Kier molecular flexibility index (Phi) is 5.66. The topological polar surface area (TPSA) is 62.3 Å². The Morgan fingerprint density at radius 2 is 1.73 bits per heavy atom. The fourth-order valence-corrected chi connectivity index (χ4v) is 3.11. The molecular formula is C21H25N3O2. The largest absolute Gasteiger partial charge is 0.339 e. The van der Waals surface area contributed by atoms with Gasteiger partial charge in [0.2, 0.25) is 0 Å². The van der Waals surface area contributed by atoms with Crippen molar-refractivity contribution in [1.82, 2.24) is 9.88 Å². The molecule has 2 aromatic rings. The van der Waals surface area contributed by atoms with Crippen LogP contribution in [-0.2, 0) is 0 Å². The highest BCUT2D eigenvalue weighted by Crippen LogP contribution is 2.18. The number of hydrogen-bond donors (Lipinski definition) is 1. The summed E-state index contributed by atoms with van der Waals surface area (Å²) in [6, 6.07) is 11.0. The maximum absolute atomic E-state index is 12.6. The zero-order chi connectivity index (χ0) is 18.5. The number of aromatic nitrogens is 1. The number of carbonyl (C=O) groups is 2. The molecule has 1 aliphatic rings. The van der Waals surface area contributed by atoms with Gasteiger partial charge in [0.15, 0.2) is 0 Å². The van der Waals surface area contributed by atoms with Gasteiger partial charge in [0, 0.05) is 30.5 Å². The molecule has 0 unspecified atom stereocenters. The molecule has 1 aromatic heterocycles. The average Bonchev–Trinajstić information content (AvgIpc) is 2.68. The molecule has 2 heterocycles. The van der Waals surface area contributed by atoms with Crippen molar-refractivity contribution < 1.29 is 9.59 Å². The molecule has 0 atom stereocenters. The Morgan fingerprint density at radius 1 is 1.04 bits per heavy atom. The van der Waals surface area contributed by atoms with Crippen LogP contribution in [0.3, 0.4) is 0 Å². The zero-order valence-corrected chi connectivity index (χ0v) is 15.4. The van der Waals surface area contributed by atoms with Crippen LogP contribution in [0.2, 0.25) is 0 Å². The predicted molar refractivity (Wildman–Crippen MR) is 102 cm³/mol. The van der Waals surface area contributed by atoms with Gasteiger partial charge >= 0.3 is 0 Å². The molecule has 1 saturated heterocycles. The van der Waals surface area contributed by atoms with Gasteiger partial charge in [-0.05, 0) is 55.0 Å². The van der Waals surface area contributed by atoms with Gasteiger partial charge in [-0.2, -0.15) is 0 Å². The van der Waals surface area contributed by atoms with Crippen LogP contribution in [0.25, 0.3) is 0 Å². The van der Waals surface area contributed by atoms with Crippen molar-refractivity contribution in [2.45, 2.75) is 39.0 Å². The Labute approximate surface area is 154 Å². The van der Waals surface area contributed by atoms with E-state index in [1.54, 1.807) is 12.1 Å². The summed E-state index contributed by atoms with van der Waals surface area (Å²) in [6.45, 7) is 5.82. The number of pyridine rings is 1. The first-order valence-corrected chi connectivity index (χ1v) is 9.21. The number of hydrogen-bond acceptors (Lipinski definition) is 3. The number of piperidine rings is 1. The van der Waals surface area contributed by atoms with Crippen LogP contribution in [-0.4, -0.2) is 34.8 Å². The molecule has 0 radical (unpaired) electrons. The van der Waals surface area contributed by atoms with Crippen molar-refractivity contribution in [1.29, 1.82) is 0 Å². The minimum Gasteiger partial charge on any atom is -0.339 e. The molecule has 0 bridgehead atoms. The summed E-state index contributed by atoms with van der Waals surface area (Å²) in [5.74, 6) is 0.108. The molecule has 3 rings (SSSR count). The van der Waals surface area contributed by atoms with Crippen LogP contribution in [0.1, 0.15) is 65.4 Å². The summed E-state index contributed by atoms with van der Waals surface area (Å²) >= 11 is 0. The predicted octanol–water partition coefficient (Wildman–Crippen LogP) is 4.08. The molecule has 2 amide bonds. The Morgan fingerprint density at radius 3 is 2.38 bits per heavy atom. The number of benzene rings is 1. The van der Waals surface area contributed by atoms with Gasteiger partial charge in [-0.25, -0.2) is 0 Å². The molecule has 5 heteroatoms. The van der Waals surface area contributed by atoms with E-state index in [0.717, 1.165) is 25.9 Å². The Hall–Kier alpha value is -2.69. The second-order valence-electron chi connectivity index (χ2n) is 7.01. The van der Waals surface area contributed by atoms with E-state index < -0.39 is 0 Å².